The van der Waals surface area contributed by atoms with Crippen molar-refractivity contribution < 1.29 is 22.7 Å². The number of alkyl halides is 3. The van der Waals surface area contributed by atoms with Crippen LogP contribution in [0.25, 0.3) is 0 Å². The largest absolute Gasteiger partial charge is 0.490 e. The van der Waals surface area contributed by atoms with E-state index in [0.29, 0.717) is 12.3 Å². The van der Waals surface area contributed by atoms with Crippen molar-refractivity contribution in [1.82, 2.24) is 0 Å². The van der Waals surface area contributed by atoms with Crippen LogP contribution in [-0.2, 0) is 9.53 Å². The molecule has 0 N–H and O–H groups in total. The highest BCUT2D eigenvalue weighted by Gasteiger charge is 2.63. The van der Waals surface area contributed by atoms with Crippen LogP contribution in [0.1, 0.15) is 40.0 Å². The van der Waals surface area contributed by atoms with Gasteiger partial charge in [0.2, 0.25) is 0 Å². The molecule has 0 heterocycles. The zero-order valence-electron chi connectivity index (χ0n) is 10.2. The summed E-state index contributed by atoms with van der Waals surface area (Å²) in [5, 5.41) is 0. The van der Waals surface area contributed by atoms with E-state index in [9.17, 15) is 18.0 Å². The van der Waals surface area contributed by atoms with Crippen molar-refractivity contribution in [3.05, 3.63) is 0 Å². The molecule has 2 rings (SSSR count). The number of hydrogen-bond acceptors (Lipinski definition) is 2. The van der Waals surface area contributed by atoms with Crippen molar-refractivity contribution >= 4 is 5.97 Å². The number of esters is 1. The molecule has 0 spiro atoms. The van der Waals surface area contributed by atoms with E-state index >= 15 is 0 Å². The molecule has 0 radical (unpaired) electrons. The van der Waals surface area contributed by atoms with Crippen molar-refractivity contribution in [3.8, 4) is 0 Å². The fourth-order valence-corrected chi connectivity index (χ4v) is 3.50. The van der Waals surface area contributed by atoms with E-state index in [1.165, 1.54) is 0 Å². The van der Waals surface area contributed by atoms with Crippen LogP contribution in [0.5, 0.6) is 0 Å². The second kappa shape index (κ2) is 3.39. The standard InChI is InChI=1S/C12H17F3O2/c1-10(2)7-4-5-11(10,3)8(6-7)17-9(16)12(13,14)15/h7-8H,4-6H2,1-3H3/t7-,8-,11+/m1/s1. The van der Waals surface area contributed by atoms with Crippen LogP contribution in [0, 0.1) is 16.7 Å². The molecular formula is C12H17F3O2. The molecule has 2 saturated carbocycles. The molecule has 0 aromatic carbocycles. The lowest BCUT2D eigenvalue weighted by Gasteiger charge is -2.38. The summed E-state index contributed by atoms with van der Waals surface area (Å²) in [6.07, 6.45) is -3.07. The summed E-state index contributed by atoms with van der Waals surface area (Å²) in [7, 11) is 0. The predicted molar refractivity (Wildman–Crippen MR) is 55.2 cm³/mol. The lowest BCUT2D eigenvalue weighted by Crippen LogP contribution is -2.41. The van der Waals surface area contributed by atoms with Gasteiger partial charge < -0.3 is 4.74 Å². The van der Waals surface area contributed by atoms with Crippen LogP contribution in [-0.4, -0.2) is 18.2 Å². The van der Waals surface area contributed by atoms with Gasteiger partial charge >= 0.3 is 12.1 Å². The molecule has 0 saturated heterocycles. The van der Waals surface area contributed by atoms with Crippen LogP contribution in [0.2, 0.25) is 0 Å². The van der Waals surface area contributed by atoms with E-state index in [-0.39, 0.29) is 10.8 Å². The molecule has 3 atom stereocenters. The average Bonchev–Trinajstić information content (AvgIpc) is 2.49. The predicted octanol–water partition coefficient (Wildman–Crippen LogP) is 3.31. The topological polar surface area (TPSA) is 26.3 Å². The van der Waals surface area contributed by atoms with Crippen LogP contribution < -0.4 is 0 Å². The molecule has 0 amide bonds. The number of carbonyl (C=O) groups excluding carboxylic acids is 1. The quantitative estimate of drug-likeness (QED) is 0.667. The third-order valence-corrected chi connectivity index (χ3v) is 5.19. The zero-order valence-corrected chi connectivity index (χ0v) is 10.2. The molecule has 5 heteroatoms. The van der Waals surface area contributed by atoms with Crippen molar-refractivity contribution in [2.45, 2.75) is 52.3 Å². The zero-order chi connectivity index (χ0) is 13.1. The first-order valence-corrected chi connectivity index (χ1v) is 5.87. The highest BCUT2D eigenvalue weighted by atomic mass is 19.4. The highest BCUT2D eigenvalue weighted by Crippen LogP contribution is 2.66. The fourth-order valence-electron chi connectivity index (χ4n) is 3.50. The van der Waals surface area contributed by atoms with Gasteiger partial charge in [0, 0.05) is 5.41 Å². The van der Waals surface area contributed by atoms with Crippen molar-refractivity contribution in [2.75, 3.05) is 0 Å². The third kappa shape index (κ3) is 1.66. The second-order valence-corrected chi connectivity index (χ2v) is 6.00. The Bertz CT molecular complexity index is 348. The molecule has 2 aliphatic rings. The first-order valence-electron chi connectivity index (χ1n) is 5.87. The van der Waals surface area contributed by atoms with Gasteiger partial charge in [-0.3, -0.25) is 0 Å². The smallest absolute Gasteiger partial charge is 0.455 e. The molecule has 98 valence electrons. The minimum absolute atomic E-state index is 0.0520. The van der Waals surface area contributed by atoms with E-state index in [4.69, 9.17) is 0 Å². The molecule has 2 fully saturated rings. The summed E-state index contributed by atoms with van der Waals surface area (Å²) >= 11 is 0. The van der Waals surface area contributed by atoms with Gasteiger partial charge in [-0.05, 0) is 30.6 Å². The summed E-state index contributed by atoms with van der Waals surface area (Å²) < 4.78 is 41.2. The minimum atomic E-state index is -4.89. The SMILES string of the molecule is CC1(C)[C@@H]2CC[C@@]1(C)[C@H](OC(=O)C(F)(F)F)C2. The summed E-state index contributed by atoms with van der Waals surface area (Å²) in [5.41, 5.74) is -0.373. The Morgan fingerprint density at radius 1 is 1.29 bits per heavy atom. The fraction of sp³-hybridized carbons (Fsp3) is 0.917. The average molecular weight is 250 g/mol. The van der Waals surface area contributed by atoms with Gasteiger partial charge in [-0.25, -0.2) is 4.79 Å². The maximum atomic E-state index is 12.2. The van der Waals surface area contributed by atoms with E-state index < -0.39 is 18.2 Å². The van der Waals surface area contributed by atoms with Crippen LogP contribution in [0.4, 0.5) is 13.2 Å². The summed E-state index contributed by atoms with van der Waals surface area (Å²) in [6, 6.07) is 0. The second-order valence-electron chi connectivity index (χ2n) is 6.00. The third-order valence-electron chi connectivity index (χ3n) is 5.19. The monoisotopic (exact) mass is 250 g/mol. The molecule has 17 heavy (non-hydrogen) atoms. The van der Waals surface area contributed by atoms with Crippen LogP contribution >= 0.6 is 0 Å². The number of rotatable bonds is 1. The Morgan fingerprint density at radius 2 is 1.88 bits per heavy atom. The molecule has 0 unspecified atom stereocenters. The molecule has 2 bridgehead atoms. The summed E-state index contributed by atoms with van der Waals surface area (Å²) in [4.78, 5) is 10.9. The minimum Gasteiger partial charge on any atom is -0.455 e. The number of ether oxygens (including phenoxy) is 1. The molecular weight excluding hydrogens is 233 g/mol. The van der Waals surface area contributed by atoms with Crippen LogP contribution in [0.3, 0.4) is 0 Å². The van der Waals surface area contributed by atoms with Gasteiger partial charge in [0.05, 0.1) is 0 Å². The van der Waals surface area contributed by atoms with E-state index in [1.54, 1.807) is 0 Å². The van der Waals surface area contributed by atoms with Crippen molar-refractivity contribution in [1.29, 1.82) is 0 Å². The van der Waals surface area contributed by atoms with Gasteiger partial charge in [-0.2, -0.15) is 13.2 Å². The summed E-state index contributed by atoms with van der Waals surface area (Å²) in [6.45, 7) is 6.06. The first kappa shape index (κ1) is 12.7. The Morgan fingerprint density at radius 3 is 2.24 bits per heavy atom. The first-order chi connectivity index (χ1) is 7.59. The van der Waals surface area contributed by atoms with Gasteiger partial charge in [-0.1, -0.05) is 20.8 Å². The number of halogens is 3. The lowest BCUT2D eigenvalue weighted by atomic mass is 9.70. The Kier molecular flexibility index (Phi) is 2.53. The van der Waals surface area contributed by atoms with Crippen LogP contribution in [0.15, 0.2) is 0 Å². The van der Waals surface area contributed by atoms with Gasteiger partial charge in [0.1, 0.15) is 6.10 Å². The maximum absolute atomic E-state index is 12.2. The van der Waals surface area contributed by atoms with E-state index in [1.807, 2.05) is 6.92 Å². The molecule has 0 aromatic heterocycles. The Hall–Kier alpha value is -0.740. The van der Waals surface area contributed by atoms with Gasteiger partial charge in [0.25, 0.3) is 0 Å². The van der Waals surface area contributed by atoms with Crippen molar-refractivity contribution in [3.63, 3.8) is 0 Å². The normalized spacial score (nSPS) is 39.4. The number of hydrogen-bond donors (Lipinski definition) is 0. The molecule has 2 nitrogen and oxygen atoms in total. The Labute approximate surface area is 98.5 Å². The lowest BCUT2D eigenvalue weighted by molar-refractivity contribution is -0.210. The highest BCUT2D eigenvalue weighted by molar-refractivity contribution is 5.75. The van der Waals surface area contributed by atoms with E-state index in [2.05, 4.69) is 18.6 Å². The van der Waals surface area contributed by atoms with E-state index in [0.717, 1.165) is 12.8 Å². The molecule has 0 aliphatic heterocycles. The number of carbonyl (C=O) groups is 1. The number of fused-ring (bicyclic) bond motifs is 2. The van der Waals surface area contributed by atoms with Gasteiger partial charge in [0.15, 0.2) is 0 Å². The molecule has 2 aliphatic carbocycles. The Balaban J connectivity index is 2.14. The molecule has 0 aromatic rings. The van der Waals surface area contributed by atoms with Crippen molar-refractivity contribution in [2.24, 2.45) is 16.7 Å². The summed E-state index contributed by atoms with van der Waals surface area (Å²) in [5.74, 6) is -1.69. The maximum Gasteiger partial charge on any atom is 0.490 e. The van der Waals surface area contributed by atoms with Gasteiger partial charge in [-0.15, -0.1) is 0 Å².